The molecule has 0 unspecified atom stereocenters. The number of para-hydroxylation sites is 1. The number of pyridine rings is 1. The first-order valence-corrected chi connectivity index (χ1v) is 6.57. The second-order valence-electron chi connectivity index (χ2n) is 4.80. The van der Waals surface area contributed by atoms with E-state index in [0.29, 0.717) is 16.9 Å². The van der Waals surface area contributed by atoms with Crippen LogP contribution in [0.3, 0.4) is 0 Å². The molecule has 21 heavy (non-hydrogen) atoms. The van der Waals surface area contributed by atoms with Gasteiger partial charge in [-0.15, -0.1) is 0 Å². The number of anilines is 1. The smallest absolute Gasteiger partial charge is 0.274 e. The fourth-order valence-corrected chi connectivity index (χ4v) is 2.15. The molecule has 0 radical (unpaired) electrons. The van der Waals surface area contributed by atoms with Crippen molar-refractivity contribution in [3.05, 3.63) is 71.7 Å². The Bertz CT molecular complexity index is 830. The minimum Gasteiger partial charge on any atom is -0.320 e. The third-order valence-corrected chi connectivity index (χ3v) is 3.27. The highest BCUT2D eigenvalue weighted by Crippen LogP contribution is 2.17. The van der Waals surface area contributed by atoms with E-state index in [4.69, 9.17) is 0 Å². The summed E-state index contributed by atoms with van der Waals surface area (Å²) in [6, 6.07) is 15.4. The summed E-state index contributed by atoms with van der Waals surface area (Å²) < 4.78 is 13.1. The predicted octanol–water partition coefficient (Wildman–Crippen LogP) is 3.93. The second-order valence-corrected chi connectivity index (χ2v) is 4.80. The highest BCUT2D eigenvalue weighted by Gasteiger charge is 2.10. The number of halogens is 1. The number of rotatable bonds is 2. The van der Waals surface area contributed by atoms with Crippen LogP contribution in [0.2, 0.25) is 0 Å². The van der Waals surface area contributed by atoms with Crippen LogP contribution < -0.4 is 5.32 Å². The van der Waals surface area contributed by atoms with Crippen LogP contribution >= 0.6 is 0 Å². The number of hydrogen-bond donors (Lipinski definition) is 1. The molecular weight excluding hydrogens is 267 g/mol. The molecule has 1 amide bonds. The number of benzene rings is 2. The SMILES string of the molecule is Cc1cc(F)ccc1NC(=O)c1ccc2ccccc2n1. The summed E-state index contributed by atoms with van der Waals surface area (Å²) in [5.74, 6) is -0.634. The normalized spacial score (nSPS) is 10.6. The van der Waals surface area contributed by atoms with Crippen molar-refractivity contribution < 1.29 is 9.18 Å². The predicted molar refractivity (Wildman–Crippen MR) is 80.8 cm³/mol. The van der Waals surface area contributed by atoms with Gasteiger partial charge in [0.25, 0.3) is 5.91 Å². The van der Waals surface area contributed by atoms with Crippen LogP contribution in [-0.2, 0) is 0 Å². The summed E-state index contributed by atoms with van der Waals surface area (Å²) in [7, 11) is 0. The van der Waals surface area contributed by atoms with Gasteiger partial charge in [-0.05, 0) is 42.8 Å². The number of aromatic nitrogens is 1. The largest absolute Gasteiger partial charge is 0.320 e. The molecule has 0 aliphatic carbocycles. The van der Waals surface area contributed by atoms with Gasteiger partial charge < -0.3 is 5.32 Å². The van der Waals surface area contributed by atoms with Crippen molar-refractivity contribution >= 4 is 22.5 Å². The molecule has 1 heterocycles. The minimum absolute atomic E-state index is 0.310. The lowest BCUT2D eigenvalue weighted by molar-refractivity contribution is 0.102. The van der Waals surface area contributed by atoms with Crippen LogP contribution in [0, 0.1) is 12.7 Å². The van der Waals surface area contributed by atoms with Gasteiger partial charge in [-0.2, -0.15) is 0 Å². The Morgan fingerprint density at radius 2 is 1.90 bits per heavy atom. The van der Waals surface area contributed by atoms with E-state index in [1.807, 2.05) is 30.3 Å². The summed E-state index contributed by atoms with van der Waals surface area (Å²) in [4.78, 5) is 16.6. The average Bonchev–Trinajstić information content (AvgIpc) is 2.49. The molecule has 0 fully saturated rings. The lowest BCUT2D eigenvalue weighted by Crippen LogP contribution is -2.14. The molecule has 0 aliphatic heterocycles. The second kappa shape index (κ2) is 5.32. The van der Waals surface area contributed by atoms with Gasteiger partial charge in [-0.3, -0.25) is 4.79 Å². The molecule has 1 aromatic heterocycles. The Morgan fingerprint density at radius 1 is 1.10 bits per heavy atom. The minimum atomic E-state index is -0.325. The molecule has 0 saturated carbocycles. The first-order valence-electron chi connectivity index (χ1n) is 6.57. The fraction of sp³-hybridized carbons (Fsp3) is 0.0588. The monoisotopic (exact) mass is 280 g/mol. The number of fused-ring (bicyclic) bond motifs is 1. The summed E-state index contributed by atoms with van der Waals surface area (Å²) in [5.41, 5.74) is 2.35. The highest BCUT2D eigenvalue weighted by atomic mass is 19.1. The number of carbonyl (C=O) groups excluding carboxylic acids is 1. The molecule has 4 heteroatoms. The maximum atomic E-state index is 13.1. The molecule has 1 N–H and O–H groups in total. The van der Waals surface area contributed by atoms with Gasteiger partial charge >= 0.3 is 0 Å². The highest BCUT2D eigenvalue weighted by molar-refractivity contribution is 6.04. The van der Waals surface area contributed by atoms with Crippen LogP contribution in [0.5, 0.6) is 0 Å². The van der Waals surface area contributed by atoms with E-state index in [2.05, 4.69) is 10.3 Å². The van der Waals surface area contributed by atoms with Crippen LogP contribution in [-0.4, -0.2) is 10.9 Å². The fourth-order valence-electron chi connectivity index (χ4n) is 2.15. The molecule has 0 atom stereocenters. The van der Waals surface area contributed by atoms with Crippen molar-refractivity contribution in [2.24, 2.45) is 0 Å². The van der Waals surface area contributed by atoms with Crippen molar-refractivity contribution in [3.8, 4) is 0 Å². The van der Waals surface area contributed by atoms with Crippen molar-refractivity contribution in [1.82, 2.24) is 4.98 Å². The van der Waals surface area contributed by atoms with Gasteiger partial charge in [-0.1, -0.05) is 24.3 Å². The number of hydrogen-bond acceptors (Lipinski definition) is 2. The standard InChI is InChI=1S/C17H13FN2O/c1-11-10-13(18)7-9-14(11)20-17(21)16-8-6-12-4-2-3-5-15(12)19-16/h2-10H,1H3,(H,20,21). The average molecular weight is 280 g/mol. The van der Waals surface area contributed by atoms with Gasteiger partial charge in [0.1, 0.15) is 11.5 Å². The molecule has 0 saturated heterocycles. The Balaban J connectivity index is 1.89. The van der Waals surface area contributed by atoms with Gasteiger partial charge in [-0.25, -0.2) is 9.37 Å². The Kier molecular flexibility index (Phi) is 3.36. The third-order valence-electron chi connectivity index (χ3n) is 3.27. The zero-order chi connectivity index (χ0) is 14.8. The molecule has 104 valence electrons. The van der Waals surface area contributed by atoms with E-state index in [9.17, 15) is 9.18 Å². The zero-order valence-corrected chi connectivity index (χ0v) is 11.4. The molecule has 3 aromatic rings. The molecule has 0 bridgehead atoms. The van der Waals surface area contributed by atoms with Crippen LogP contribution in [0.15, 0.2) is 54.6 Å². The van der Waals surface area contributed by atoms with Crippen LogP contribution in [0.1, 0.15) is 16.1 Å². The van der Waals surface area contributed by atoms with Gasteiger partial charge in [0.2, 0.25) is 0 Å². The first-order chi connectivity index (χ1) is 10.1. The van der Waals surface area contributed by atoms with Crippen molar-refractivity contribution in [2.45, 2.75) is 6.92 Å². The van der Waals surface area contributed by atoms with E-state index in [-0.39, 0.29) is 11.7 Å². The topological polar surface area (TPSA) is 42.0 Å². The summed E-state index contributed by atoms with van der Waals surface area (Å²) in [5, 5.41) is 3.73. The lowest BCUT2D eigenvalue weighted by atomic mass is 10.1. The number of nitrogens with one attached hydrogen (secondary N) is 1. The molecule has 3 nitrogen and oxygen atoms in total. The molecule has 0 aliphatic rings. The Hall–Kier alpha value is -2.75. The quantitative estimate of drug-likeness (QED) is 0.772. The van der Waals surface area contributed by atoms with Crippen molar-refractivity contribution in [3.63, 3.8) is 0 Å². The van der Waals surface area contributed by atoms with Gasteiger partial charge in [0, 0.05) is 11.1 Å². The summed E-state index contributed by atoms with van der Waals surface area (Å²) in [6.07, 6.45) is 0. The molecule has 3 rings (SSSR count). The first kappa shape index (κ1) is 13.2. The summed E-state index contributed by atoms with van der Waals surface area (Å²) in [6.45, 7) is 1.74. The van der Waals surface area contributed by atoms with Crippen LogP contribution in [0.4, 0.5) is 10.1 Å². The maximum Gasteiger partial charge on any atom is 0.274 e. The number of amides is 1. The Labute approximate surface area is 121 Å². The number of nitrogens with zero attached hydrogens (tertiary/aromatic N) is 1. The molecule has 0 spiro atoms. The van der Waals surface area contributed by atoms with E-state index in [1.54, 1.807) is 19.1 Å². The van der Waals surface area contributed by atoms with E-state index in [1.165, 1.54) is 12.1 Å². The van der Waals surface area contributed by atoms with Crippen molar-refractivity contribution in [1.29, 1.82) is 0 Å². The Morgan fingerprint density at radius 3 is 2.71 bits per heavy atom. The van der Waals surface area contributed by atoms with E-state index >= 15 is 0 Å². The number of carbonyl (C=O) groups is 1. The number of aryl methyl sites for hydroxylation is 1. The molecular formula is C17H13FN2O. The third kappa shape index (κ3) is 2.74. The lowest BCUT2D eigenvalue weighted by Gasteiger charge is -2.08. The van der Waals surface area contributed by atoms with Gasteiger partial charge in [0.15, 0.2) is 0 Å². The zero-order valence-electron chi connectivity index (χ0n) is 11.4. The molecule has 2 aromatic carbocycles. The maximum absolute atomic E-state index is 13.1. The van der Waals surface area contributed by atoms with Crippen molar-refractivity contribution in [2.75, 3.05) is 5.32 Å². The van der Waals surface area contributed by atoms with E-state index < -0.39 is 0 Å². The van der Waals surface area contributed by atoms with Crippen LogP contribution in [0.25, 0.3) is 10.9 Å². The van der Waals surface area contributed by atoms with Gasteiger partial charge in [0.05, 0.1) is 5.52 Å². The van der Waals surface area contributed by atoms with E-state index in [0.717, 1.165) is 10.9 Å². The summed E-state index contributed by atoms with van der Waals surface area (Å²) >= 11 is 0.